The van der Waals surface area contributed by atoms with E-state index < -0.39 is 0 Å². The van der Waals surface area contributed by atoms with E-state index in [0.717, 1.165) is 37.2 Å². The van der Waals surface area contributed by atoms with E-state index in [1.807, 2.05) is 18.2 Å². The van der Waals surface area contributed by atoms with E-state index in [-0.39, 0.29) is 11.7 Å². The molecule has 0 saturated carbocycles. The molecule has 1 N–H and O–H groups in total. The zero-order valence-corrected chi connectivity index (χ0v) is 13.4. The quantitative estimate of drug-likeness (QED) is 0.928. The number of nitrogens with zero attached hydrogens (tertiary/aromatic N) is 1. The Balaban J connectivity index is 1.61. The number of nitrogens with one attached hydrogen (secondary N) is 1. The summed E-state index contributed by atoms with van der Waals surface area (Å²) >= 11 is 0. The molecule has 0 unspecified atom stereocenters. The van der Waals surface area contributed by atoms with Crippen LogP contribution in [0.1, 0.15) is 53.0 Å². The summed E-state index contributed by atoms with van der Waals surface area (Å²) in [6, 6.07) is 6.05. The lowest BCUT2D eigenvalue weighted by molar-refractivity contribution is 0.0945. The van der Waals surface area contributed by atoms with Crippen molar-refractivity contribution in [1.82, 2.24) is 10.2 Å². The maximum atomic E-state index is 12.4. The first-order chi connectivity index (χ1) is 10.6. The Kier molecular flexibility index (Phi) is 4.30. The van der Waals surface area contributed by atoms with Crippen molar-refractivity contribution >= 4 is 11.7 Å². The minimum absolute atomic E-state index is 0.0328. The monoisotopic (exact) mass is 300 g/mol. The minimum atomic E-state index is -0.0328. The number of rotatable bonds is 4. The number of benzene rings is 1. The SMILES string of the molecule is CC(C)N1CC[C@@H](CNC(=O)c2cccc3c2CCC3=O)C1. The van der Waals surface area contributed by atoms with Crippen molar-refractivity contribution in [2.75, 3.05) is 19.6 Å². The lowest BCUT2D eigenvalue weighted by atomic mass is 10.0. The van der Waals surface area contributed by atoms with Crippen LogP contribution in [0.3, 0.4) is 0 Å². The molecular weight excluding hydrogens is 276 g/mol. The molecule has 1 heterocycles. The second-order valence-corrected chi connectivity index (χ2v) is 6.71. The molecule has 1 aromatic rings. The molecule has 118 valence electrons. The lowest BCUT2D eigenvalue weighted by Gasteiger charge is -2.20. The largest absolute Gasteiger partial charge is 0.352 e. The van der Waals surface area contributed by atoms with Gasteiger partial charge in [0.05, 0.1) is 0 Å². The van der Waals surface area contributed by atoms with Gasteiger partial charge in [-0.2, -0.15) is 0 Å². The highest BCUT2D eigenvalue weighted by atomic mass is 16.1. The topological polar surface area (TPSA) is 49.4 Å². The predicted octanol–water partition coefficient (Wildman–Crippen LogP) is 2.28. The third kappa shape index (κ3) is 2.93. The van der Waals surface area contributed by atoms with Crippen molar-refractivity contribution in [2.45, 2.75) is 39.2 Å². The maximum Gasteiger partial charge on any atom is 0.251 e. The average Bonchev–Trinajstić information content (AvgIpc) is 3.12. The molecule has 4 heteroatoms. The summed E-state index contributed by atoms with van der Waals surface area (Å²) in [5.74, 6) is 0.660. The standard InChI is InChI=1S/C18H24N2O2/c1-12(2)20-9-8-13(11-20)10-19-18(22)16-5-3-4-15-14(16)6-7-17(15)21/h3-5,12-13H,6-11H2,1-2H3,(H,19,22)/t13-/m0/s1. The number of amides is 1. The number of fused-ring (bicyclic) bond motifs is 1. The van der Waals surface area contributed by atoms with Gasteiger partial charge >= 0.3 is 0 Å². The van der Waals surface area contributed by atoms with Gasteiger partial charge in [0.15, 0.2) is 5.78 Å². The van der Waals surface area contributed by atoms with E-state index in [1.54, 1.807) is 0 Å². The highest BCUT2D eigenvalue weighted by molar-refractivity contribution is 6.05. The number of carbonyl (C=O) groups is 2. The molecule has 1 aromatic carbocycles. The molecule has 0 bridgehead atoms. The molecule has 1 fully saturated rings. The summed E-state index contributed by atoms with van der Waals surface area (Å²) in [4.78, 5) is 26.7. The van der Waals surface area contributed by atoms with E-state index in [1.165, 1.54) is 0 Å². The van der Waals surface area contributed by atoms with Gasteiger partial charge < -0.3 is 10.2 Å². The summed E-state index contributed by atoms with van der Waals surface area (Å²) in [6.07, 6.45) is 2.37. The molecule has 1 saturated heterocycles. The van der Waals surface area contributed by atoms with Gasteiger partial charge in [0.25, 0.3) is 5.91 Å². The fraction of sp³-hybridized carbons (Fsp3) is 0.556. The van der Waals surface area contributed by atoms with Crippen molar-refractivity contribution in [3.05, 3.63) is 34.9 Å². The van der Waals surface area contributed by atoms with Crippen molar-refractivity contribution in [2.24, 2.45) is 5.92 Å². The zero-order chi connectivity index (χ0) is 15.7. The smallest absolute Gasteiger partial charge is 0.251 e. The molecule has 0 aromatic heterocycles. The molecule has 2 aliphatic rings. The summed E-state index contributed by atoms with van der Waals surface area (Å²) in [6.45, 7) is 7.33. The molecule has 1 atom stereocenters. The number of ketones is 1. The normalized spacial score (nSPS) is 21.4. The first kappa shape index (κ1) is 15.2. The fourth-order valence-electron chi connectivity index (χ4n) is 3.53. The third-order valence-corrected chi connectivity index (χ3v) is 4.92. The molecule has 22 heavy (non-hydrogen) atoms. The van der Waals surface area contributed by atoms with E-state index in [2.05, 4.69) is 24.1 Å². The zero-order valence-electron chi connectivity index (χ0n) is 13.4. The van der Waals surface area contributed by atoms with E-state index in [9.17, 15) is 9.59 Å². The number of Topliss-reactive ketones (excluding diaryl/α,β-unsaturated/α-hetero) is 1. The van der Waals surface area contributed by atoms with Gasteiger partial charge in [-0.3, -0.25) is 9.59 Å². The van der Waals surface area contributed by atoms with Gasteiger partial charge in [-0.05, 0) is 50.8 Å². The second-order valence-electron chi connectivity index (χ2n) is 6.71. The molecule has 1 aliphatic carbocycles. The van der Waals surface area contributed by atoms with Crippen LogP contribution in [0.2, 0.25) is 0 Å². The van der Waals surface area contributed by atoms with E-state index >= 15 is 0 Å². The summed E-state index contributed by atoms with van der Waals surface area (Å²) in [5.41, 5.74) is 2.35. The number of carbonyl (C=O) groups excluding carboxylic acids is 2. The Labute approximate surface area is 131 Å². The van der Waals surface area contributed by atoms with Crippen LogP contribution in [0.15, 0.2) is 18.2 Å². The minimum Gasteiger partial charge on any atom is -0.352 e. The van der Waals surface area contributed by atoms with Crippen molar-refractivity contribution in [1.29, 1.82) is 0 Å². The van der Waals surface area contributed by atoms with Crippen molar-refractivity contribution in [3.63, 3.8) is 0 Å². The van der Waals surface area contributed by atoms with Gasteiger partial charge in [0.2, 0.25) is 0 Å². The van der Waals surface area contributed by atoms with Crippen LogP contribution in [-0.4, -0.2) is 42.3 Å². The van der Waals surface area contributed by atoms with Gasteiger partial charge in [-0.15, -0.1) is 0 Å². The summed E-state index contributed by atoms with van der Waals surface area (Å²) < 4.78 is 0. The molecular formula is C18H24N2O2. The Hall–Kier alpha value is -1.68. The molecule has 3 rings (SSSR count). The predicted molar refractivity (Wildman–Crippen MR) is 86.2 cm³/mol. The molecule has 0 radical (unpaired) electrons. The number of hydrogen-bond acceptors (Lipinski definition) is 3. The summed E-state index contributed by atoms with van der Waals surface area (Å²) in [5, 5.41) is 3.07. The van der Waals surface area contributed by atoms with Crippen molar-refractivity contribution < 1.29 is 9.59 Å². The highest BCUT2D eigenvalue weighted by Gasteiger charge is 2.27. The van der Waals surface area contributed by atoms with Crippen LogP contribution in [0.4, 0.5) is 0 Å². The first-order valence-electron chi connectivity index (χ1n) is 8.23. The third-order valence-electron chi connectivity index (χ3n) is 4.92. The van der Waals surface area contributed by atoms with E-state index in [4.69, 9.17) is 0 Å². The van der Waals surface area contributed by atoms with E-state index in [0.29, 0.717) is 30.4 Å². The van der Waals surface area contributed by atoms with Gasteiger partial charge in [-0.25, -0.2) is 0 Å². The van der Waals surface area contributed by atoms with Gasteiger partial charge in [-0.1, -0.05) is 12.1 Å². The Morgan fingerprint density at radius 3 is 2.91 bits per heavy atom. The Morgan fingerprint density at radius 2 is 2.18 bits per heavy atom. The van der Waals surface area contributed by atoms with Gasteiger partial charge in [0.1, 0.15) is 0 Å². The van der Waals surface area contributed by atoms with Crippen LogP contribution in [0.5, 0.6) is 0 Å². The van der Waals surface area contributed by atoms with Crippen LogP contribution < -0.4 is 5.32 Å². The summed E-state index contributed by atoms with van der Waals surface area (Å²) in [7, 11) is 0. The maximum absolute atomic E-state index is 12.4. The molecule has 1 aliphatic heterocycles. The van der Waals surface area contributed by atoms with Gasteiger partial charge in [0, 0.05) is 36.7 Å². The van der Waals surface area contributed by atoms with Crippen LogP contribution in [-0.2, 0) is 6.42 Å². The fourth-order valence-corrected chi connectivity index (χ4v) is 3.53. The average molecular weight is 300 g/mol. The number of hydrogen-bond donors (Lipinski definition) is 1. The number of likely N-dealkylation sites (tertiary alicyclic amines) is 1. The van der Waals surface area contributed by atoms with Crippen LogP contribution in [0, 0.1) is 5.92 Å². The lowest BCUT2D eigenvalue weighted by Crippen LogP contribution is -2.33. The highest BCUT2D eigenvalue weighted by Crippen LogP contribution is 2.25. The van der Waals surface area contributed by atoms with Crippen molar-refractivity contribution in [3.8, 4) is 0 Å². The molecule has 1 amide bonds. The van der Waals surface area contributed by atoms with Crippen LogP contribution >= 0.6 is 0 Å². The first-order valence-corrected chi connectivity index (χ1v) is 8.23. The van der Waals surface area contributed by atoms with Crippen LogP contribution in [0.25, 0.3) is 0 Å². The Bertz CT molecular complexity index is 595. The Morgan fingerprint density at radius 1 is 1.36 bits per heavy atom. The second kappa shape index (κ2) is 6.21. The molecule has 0 spiro atoms. The molecule has 4 nitrogen and oxygen atoms in total.